The van der Waals surface area contributed by atoms with Crippen LogP contribution in [-0.2, 0) is 13.6 Å². The third kappa shape index (κ3) is 6.67. The molecule has 6 nitrogen and oxygen atoms in total. The van der Waals surface area contributed by atoms with Crippen molar-refractivity contribution in [3.63, 3.8) is 0 Å². The van der Waals surface area contributed by atoms with Gasteiger partial charge in [-0.3, -0.25) is 0 Å². The molecule has 0 bridgehead atoms. The number of nitrogens with one attached hydrogen (secondary N) is 1. The van der Waals surface area contributed by atoms with Gasteiger partial charge in [-0.15, -0.1) is 23.4 Å². The lowest BCUT2D eigenvalue weighted by molar-refractivity contribution is 0.456. The monoisotopic (exact) mass is 318 g/mol. The van der Waals surface area contributed by atoms with E-state index in [1.165, 1.54) is 12.8 Å². The van der Waals surface area contributed by atoms with Crippen LogP contribution in [0.3, 0.4) is 0 Å². The van der Waals surface area contributed by atoms with E-state index in [4.69, 9.17) is 0 Å². The maximum atomic E-state index is 4.66. The van der Waals surface area contributed by atoms with Gasteiger partial charge in [0.1, 0.15) is 12.4 Å². The van der Waals surface area contributed by atoms with Gasteiger partial charge in [0, 0.05) is 27.2 Å². The minimum Gasteiger partial charge on any atom is -0.353 e. The van der Waals surface area contributed by atoms with Crippen LogP contribution in [0.15, 0.2) is 30.3 Å². The predicted molar refractivity (Wildman–Crippen MR) is 96.4 cm³/mol. The molecule has 0 radical (unpaired) electrons. The Balaban J connectivity index is 2.59. The van der Waals surface area contributed by atoms with Crippen molar-refractivity contribution >= 4 is 5.96 Å². The summed E-state index contributed by atoms with van der Waals surface area (Å²) in [5.41, 5.74) is 0. The molecule has 0 fully saturated rings. The van der Waals surface area contributed by atoms with Crippen LogP contribution in [0.25, 0.3) is 0 Å². The van der Waals surface area contributed by atoms with E-state index in [1.807, 2.05) is 30.7 Å². The summed E-state index contributed by atoms with van der Waals surface area (Å²) in [6.07, 6.45) is 8.44. The summed E-state index contributed by atoms with van der Waals surface area (Å²) in [6.45, 7) is 11.6. The normalized spacial score (nSPS) is 11.3. The molecule has 0 amide bonds. The Bertz CT molecular complexity index is 517. The highest BCUT2D eigenvalue weighted by atomic mass is 15.3. The lowest BCUT2D eigenvalue weighted by Gasteiger charge is -2.22. The molecule has 0 spiro atoms. The van der Waals surface area contributed by atoms with Gasteiger partial charge in [-0.05, 0) is 26.2 Å². The largest absolute Gasteiger partial charge is 0.353 e. The van der Waals surface area contributed by atoms with E-state index in [0.29, 0.717) is 13.1 Å². The molecular formula is C17H30N6. The van der Waals surface area contributed by atoms with E-state index in [9.17, 15) is 0 Å². The zero-order chi connectivity index (χ0) is 17.1. The SMILES string of the molecule is C=CCCCCCN(C)C(=NCc1nnc(C)n1C)NCC=C. The maximum absolute atomic E-state index is 4.66. The van der Waals surface area contributed by atoms with E-state index in [1.54, 1.807) is 0 Å². The molecule has 23 heavy (non-hydrogen) atoms. The van der Waals surface area contributed by atoms with Crippen LogP contribution >= 0.6 is 0 Å². The third-order valence-corrected chi connectivity index (χ3v) is 3.72. The van der Waals surface area contributed by atoms with E-state index in [-0.39, 0.29) is 0 Å². The molecule has 1 heterocycles. The fraction of sp³-hybridized carbons (Fsp3) is 0.588. The van der Waals surface area contributed by atoms with E-state index < -0.39 is 0 Å². The third-order valence-electron chi connectivity index (χ3n) is 3.72. The molecule has 1 rings (SSSR count). The summed E-state index contributed by atoms with van der Waals surface area (Å²) >= 11 is 0. The average molecular weight is 318 g/mol. The number of hydrogen-bond acceptors (Lipinski definition) is 3. The van der Waals surface area contributed by atoms with Crippen LogP contribution in [0, 0.1) is 6.92 Å². The molecular weight excluding hydrogens is 288 g/mol. The Morgan fingerprint density at radius 1 is 1.26 bits per heavy atom. The topological polar surface area (TPSA) is 58.3 Å². The lowest BCUT2D eigenvalue weighted by atomic mass is 10.2. The molecule has 0 atom stereocenters. The number of nitrogens with zero attached hydrogens (tertiary/aromatic N) is 5. The standard InChI is InChI=1S/C17H30N6/c1-6-8-9-10-11-13-22(4)17(18-12-7-2)19-14-16-21-20-15(3)23(16)5/h6-7H,1-2,8-14H2,3-5H3,(H,18,19). The first kappa shape index (κ1) is 18.9. The van der Waals surface area contributed by atoms with Crippen molar-refractivity contribution in [2.24, 2.45) is 12.0 Å². The summed E-state index contributed by atoms with van der Waals surface area (Å²) in [6, 6.07) is 0. The van der Waals surface area contributed by atoms with Crippen molar-refractivity contribution in [1.82, 2.24) is 25.0 Å². The Kier molecular flexibility index (Phi) is 8.72. The van der Waals surface area contributed by atoms with Gasteiger partial charge in [-0.25, -0.2) is 4.99 Å². The van der Waals surface area contributed by atoms with E-state index >= 15 is 0 Å². The summed E-state index contributed by atoms with van der Waals surface area (Å²) in [5.74, 6) is 2.63. The quantitative estimate of drug-likeness (QED) is 0.311. The van der Waals surface area contributed by atoms with Crippen molar-refractivity contribution in [2.45, 2.75) is 39.2 Å². The van der Waals surface area contributed by atoms with Gasteiger partial charge < -0.3 is 14.8 Å². The predicted octanol–water partition coefficient (Wildman–Crippen LogP) is 2.43. The summed E-state index contributed by atoms with van der Waals surface area (Å²) in [4.78, 5) is 6.82. The summed E-state index contributed by atoms with van der Waals surface area (Å²) in [7, 11) is 4.02. The number of rotatable bonds is 10. The van der Waals surface area contributed by atoms with Gasteiger partial charge in [-0.2, -0.15) is 0 Å². The Morgan fingerprint density at radius 3 is 2.65 bits per heavy atom. The van der Waals surface area contributed by atoms with Crippen molar-refractivity contribution in [2.75, 3.05) is 20.1 Å². The second kappa shape index (κ2) is 10.6. The van der Waals surface area contributed by atoms with Gasteiger partial charge in [-0.1, -0.05) is 18.6 Å². The van der Waals surface area contributed by atoms with Crippen molar-refractivity contribution < 1.29 is 0 Å². The summed E-state index contributed by atoms with van der Waals surface area (Å²) < 4.78 is 1.96. The first-order valence-electron chi connectivity index (χ1n) is 8.16. The number of aliphatic imine (C=N–C) groups is 1. The minimum absolute atomic E-state index is 0.512. The van der Waals surface area contributed by atoms with Crippen LogP contribution in [-0.4, -0.2) is 45.8 Å². The number of unbranched alkanes of at least 4 members (excludes halogenated alkanes) is 3. The van der Waals surface area contributed by atoms with E-state index in [0.717, 1.165) is 37.0 Å². The zero-order valence-corrected chi connectivity index (χ0v) is 14.8. The molecule has 0 aliphatic carbocycles. The average Bonchev–Trinajstić information content (AvgIpc) is 2.86. The molecule has 6 heteroatoms. The number of hydrogen-bond donors (Lipinski definition) is 1. The molecule has 1 aromatic heterocycles. The minimum atomic E-state index is 0.512. The smallest absolute Gasteiger partial charge is 0.194 e. The maximum Gasteiger partial charge on any atom is 0.194 e. The molecule has 0 aliphatic rings. The molecule has 0 aromatic carbocycles. The van der Waals surface area contributed by atoms with Gasteiger partial charge in [0.05, 0.1) is 0 Å². The molecule has 0 saturated carbocycles. The zero-order valence-electron chi connectivity index (χ0n) is 14.8. The Labute approximate surface area is 140 Å². The second-order valence-corrected chi connectivity index (χ2v) is 5.59. The van der Waals surface area contributed by atoms with Crippen molar-refractivity contribution in [3.8, 4) is 0 Å². The van der Waals surface area contributed by atoms with Crippen molar-refractivity contribution in [3.05, 3.63) is 37.0 Å². The molecule has 0 saturated heterocycles. The van der Waals surface area contributed by atoms with E-state index in [2.05, 4.69) is 45.6 Å². The Morgan fingerprint density at radius 2 is 2.04 bits per heavy atom. The first-order chi connectivity index (χ1) is 11.1. The van der Waals surface area contributed by atoms with Crippen LogP contribution in [0.2, 0.25) is 0 Å². The van der Waals surface area contributed by atoms with Gasteiger partial charge >= 0.3 is 0 Å². The number of guanidine groups is 1. The highest BCUT2D eigenvalue weighted by Crippen LogP contribution is 2.03. The first-order valence-corrected chi connectivity index (χ1v) is 8.16. The van der Waals surface area contributed by atoms with Crippen molar-refractivity contribution in [1.29, 1.82) is 0 Å². The molecule has 128 valence electrons. The number of aryl methyl sites for hydroxylation is 1. The molecule has 1 aromatic rings. The number of aromatic nitrogens is 3. The lowest BCUT2D eigenvalue weighted by Crippen LogP contribution is -2.39. The van der Waals surface area contributed by atoms with Crippen LogP contribution in [0.1, 0.15) is 37.3 Å². The van der Waals surface area contributed by atoms with Gasteiger partial charge in [0.2, 0.25) is 0 Å². The van der Waals surface area contributed by atoms with Crippen LogP contribution in [0.5, 0.6) is 0 Å². The molecule has 0 aliphatic heterocycles. The van der Waals surface area contributed by atoms with Crippen LogP contribution < -0.4 is 5.32 Å². The second-order valence-electron chi connectivity index (χ2n) is 5.59. The number of allylic oxidation sites excluding steroid dienone is 1. The molecule has 1 N–H and O–H groups in total. The fourth-order valence-corrected chi connectivity index (χ4v) is 2.13. The van der Waals surface area contributed by atoms with Crippen LogP contribution in [0.4, 0.5) is 0 Å². The van der Waals surface area contributed by atoms with Gasteiger partial charge in [0.25, 0.3) is 0 Å². The molecule has 0 unspecified atom stereocenters. The fourth-order valence-electron chi connectivity index (χ4n) is 2.13. The highest BCUT2D eigenvalue weighted by molar-refractivity contribution is 5.79. The Hall–Kier alpha value is -2.11. The van der Waals surface area contributed by atoms with Gasteiger partial charge in [0.15, 0.2) is 11.8 Å². The summed E-state index contributed by atoms with van der Waals surface area (Å²) in [5, 5.41) is 11.5. The highest BCUT2D eigenvalue weighted by Gasteiger charge is 2.08.